The standard InChI is InChI=1S/C30H36N2O6/c1-14-7-8-15(2)32(14)13-22(34)18-9-10-21(33)24-19(18)11-17-12-20-25(31(5)6)26(35)16(3)28(37)30(20,4)29(38)23(17)27(24)36/h7-10,14-15,17,20,25,33,35,38H,11-13H2,1-6H3/t14?,15?,17?,20-,25?,30-/m0/s1. The molecule has 4 unspecified atom stereocenters. The van der Waals surface area contributed by atoms with Gasteiger partial charge in [0.15, 0.2) is 17.3 Å². The van der Waals surface area contributed by atoms with Crippen LogP contribution in [0.15, 0.2) is 46.9 Å². The number of phenols is 1. The Morgan fingerprint density at radius 2 is 1.74 bits per heavy atom. The number of nitrogens with zero attached hydrogens (tertiary/aromatic N) is 2. The van der Waals surface area contributed by atoms with Crippen molar-refractivity contribution in [2.75, 3.05) is 20.6 Å². The quantitative estimate of drug-likeness (QED) is 0.406. The van der Waals surface area contributed by atoms with Crippen molar-refractivity contribution in [2.24, 2.45) is 17.3 Å². The van der Waals surface area contributed by atoms with E-state index in [-0.39, 0.29) is 64.8 Å². The Balaban J connectivity index is 1.61. The van der Waals surface area contributed by atoms with Crippen molar-refractivity contribution in [1.82, 2.24) is 9.80 Å². The minimum absolute atomic E-state index is 0.0164. The number of hydrogen-bond donors (Lipinski definition) is 3. The summed E-state index contributed by atoms with van der Waals surface area (Å²) >= 11 is 0. The van der Waals surface area contributed by atoms with Crippen LogP contribution in [0.2, 0.25) is 0 Å². The van der Waals surface area contributed by atoms with Crippen molar-refractivity contribution in [3.63, 3.8) is 0 Å². The minimum Gasteiger partial charge on any atom is -0.511 e. The molecule has 0 saturated heterocycles. The number of aromatic hydroxyl groups is 1. The summed E-state index contributed by atoms with van der Waals surface area (Å²) in [5, 5.41) is 33.3. The third-order valence-electron chi connectivity index (χ3n) is 9.40. The minimum atomic E-state index is -1.39. The molecule has 202 valence electrons. The van der Waals surface area contributed by atoms with Crippen LogP contribution in [0.5, 0.6) is 5.75 Å². The normalized spacial score (nSPS) is 33.1. The van der Waals surface area contributed by atoms with Crippen LogP contribution in [0.3, 0.4) is 0 Å². The van der Waals surface area contributed by atoms with Crippen molar-refractivity contribution in [1.29, 1.82) is 0 Å². The van der Waals surface area contributed by atoms with Gasteiger partial charge in [-0.15, -0.1) is 0 Å². The van der Waals surface area contributed by atoms with E-state index in [0.717, 1.165) is 0 Å². The molecule has 0 amide bonds. The van der Waals surface area contributed by atoms with Gasteiger partial charge in [-0.2, -0.15) is 0 Å². The summed E-state index contributed by atoms with van der Waals surface area (Å²) in [4.78, 5) is 44.8. The zero-order valence-corrected chi connectivity index (χ0v) is 22.8. The van der Waals surface area contributed by atoms with Gasteiger partial charge in [-0.3, -0.25) is 24.2 Å². The zero-order chi connectivity index (χ0) is 27.8. The summed E-state index contributed by atoms with van der Waals surface area (Å²) in [5.74, 6) is -2.58. The van der Waals surface area contributed by atoms with E-state index in [1.807, 2.05) is 32.8 Å². The van der Waals surface area contributed by atoms with Gasteiger partial charge < -0.3 is 15.3 Å². The summed E-state index contributed by atoms with van der Waals surface area (Å²) in [6, 6.07) is 2.65. The molecule has 0 radical (unpaired) electrons. The predicted molar refractivity (Wildman–Crippen MR) is 142 cm³/mol. The van der Waals surface area contributed by atoms with Crippen LogP contribution in [0.1, 0.15) is 60.4 Å². The molecule has 0 fully saturated rings. The van der Waals surface area contributed by atoms with Gasteiger partial charge in [0.05, 0.1) is 23.6 Å². The third kappa shape index (κ3) is 3.53. The maximum Gasteiger partial charge on any atom is 0.196 e. The van der Waals surface area contributed by atoms with E-state index in [0.29, 0.717) is 17.5 Å². The Hall–Kier alpha value is -3.23. The van der Waals surface area contributed by atoms with Gasteiger partial charge in [-0.05, 0) is 78.2 Å². The van der Waals surface area contributed by atoms with E-state index in [1.165, 1.54) is 6.07 Å². The average molecular weight is 521 g/mol. The Bertz CT molecular complexity index is 1340. The summed E-state index contributed by atoms with van der Waals surface area (Å²) < 4.78 is 0. The molecular formula is C30H36N2O6. The molecule has 4 aliphatic rings. The lowest BCUT2D eigenvalue weighted by atomic mass is 9.54. The molecule has 0 bridgehead atoms. The smallest absolute Gasteiger partial charge is 0.196 e. The van der Waals surface area contributed by atoms with Gasteiger partial charge >= 0.3 is 0 Å². The lowest BCUT2D eigenvalue weighted by molar-refractivity contribution is -0.131. The molecule has 38 heavy (non-hydrogen) atoms. The molecule has 1 heterocycles. The number of rotatable bonds is 4. The van der Waals surface area contributed by atoms with Crippen LogP contribution in [-0.4, -0.2) is 81.2 Å². The number of carbonyl (C=O) groups excluding carboxylic acids is 3. The van der Waals surface area contributed by atoms with Crippen LogP contribution < -0.4 is 0 Å². The molecule has 5 rings (SSSR count). The van der Waals surface area contributed by atoms with Crippen molar-refractivity contribution < 1.29 is 29.7 Å². The first kappa shape index (κ1) is 26.4. The van der Waals surface area contributed by atoms with Crippen LogP contribution in [0, 0.1) is 17.3 Å². The number of ketones is 3. The van der Waals surface area contributed by atoms with Crippen LogP contribution in [0.25, 0.3) is 0 Å². The van der Waals surface area contributed by atoms with Gasteiger partial charge in [-0.25, -0.2) is 0 Å². The van der Waals surface area contributed by atoms with Crippen LogP contribution >= 0.6 is 0 Å². The highest BCUT2D eigenvalue weighted by Crippen LogP contribution is 2.56. The highest BCUT2D eigenvalue weighted by Gasteiger charge is 2.59. The van der Waals surface area contributed by atoms with Gasteiger partial charge in [0.1, 0.15) is 17.3 Å². The van der Waals surface area contributed by atoms with Crippen LogP contribution in [0.4, 0.5) is 0 Å². The van der Waals surface area contributed by atoms with Gasteiger partial charge in [0.25, 0.3) is 0 Å². The molecule has 8 heteroatoms. The fraction of sp³-hybridized carbons (Fsp3) is 0.500. The molecule has 3 aliphatic carbocycles. The summed E-state index contributed by atoms with van der Waals surface area (Å²) in [6.07, 6.45) is 4.75. The number of allylic oxidation sites excluding steroid dienone is 3. The lowest BCUT2D eigenvalue weighted by Crippen LogP contribution is -2.57. The number of hydrogen-bond acceptors (Lipinski definition) is 8. The Labute approximate surface area is 222 Å². The van der Waals surface area contributed by atoms with Gasteiger partial charge in [0.2, 0.25) is 0 Å². The first-order valence-corrected chi connectivity index (χ1v) is 13.2. The maximum absolute atomic E-state index is 13.9. The Kier molecular flexibility index (Phi) is 6.19. The van der Waals surface area contributed by atoms with E-state index in [1.54, 1.807) is 19.9 Å². The van der Waals surface area contributed by atoms with Crippen molar-refractivity contribution in [3.05, 3.63) is 63.6 Å². The molecule has 0 spiro atoms. The summed E-state index contributed by atoms with van der Waals surface area (Å²) in [7, 11) is 3.62. The summed E-state index contributed by atoms with van der Waals surface area (Å²) in [6.45, 7) is 7.41. The number of fused-ring (bicyclic) bond motifs is 3. The largest absolute Gasteiger partial charge is 0.511 e. The van der Waals surface area contributed by atoms with Gasteiger partial charge in [0, 0.05) is 34.7 Å². The number of phenolic OH excluding ortho intramolecular Hbond substituents is 1. The first-order valence-electron chi connectivity index (χ1n) is 13.2. The molecular weight excluding hydrogens is 484 g/mol. The second kappa shape index (κ2) is 8.92. The lowest BCUT2D eigenvalue weighted by Gasteiger charge is -2.51. The molecule has 8 nitrogen and oxygen atoms in total. The van der Waals surface area contributed by atoms with E-state index >= 15 is 0 Å². The van der Waals surface area contributed by atoms with E-state index in [2.05, 4.69) is 17.1 Å². The topological polar surface area (TPSA) is 118 Å². The van der Waals surface area contributed by atoms with Gasteiger partial charge in [-0.1, -0.05) is 12.2 Å². The second-order valence-electron chi connectivity index (χ2n) is 11.7. The van der Waals surface area contributed by atoms with Crippen molar-refractivity contribution in [3.8, 4) is 5.75 Å². The van der Waals surface area contributed by atoms with Crippen molar-refractivity contribution in [2.45, 2.75) is 58.7 Å². The molecule has 0 saturated carbocycles. The number of likely N-dealkylation sites (N-methyl/N-ethyl adjacent to an activating group) is 1. The zero-order valence-electron chi connectivity index (χ0n) is 22.8. The first-order chi connectivity index (χ1) is 17.8. The Morgan fingerprint density at radius 1 is 1.11 bits per heavy atom. The SMILES string of the molecule is CC1=C(O)C(N(C)C)[C@@H]2CC3Cc4c(C(=O)CN5C(C)C=CC5C)ccc(O)c4C(=O)C3=C(O)[C@]2(C)C1=O. The third-order valence-corrected chi connectivity index (χ3v) is 9.40. The highest BCUT2D eigenvalue weighted by atomic mass is 16.3. The maximum atomic E-state index is 13.9. The van der Waals surface area contributed by atoms with Crippen LogP contribution in [-0.2, 0) is 11.2 Å². The number of aliphatic hydroxyl groups is 2. The average Bonchev–Trinajstić information content (AvgIpc) is 3.17. The fourth-order valence-corrected chi connectivity index (χ4v) is 7.23. The van der Waals surface area contributed by atoms with Crippen molar-refractivity contribution >= 4 is 17.3 Å². The number of aliphatic hydroxyl groups excluding tert-OH is 2. The highest BCUT2D eigenvalue weighted by molar-refractivity contribution is 6.16. The molecule has 6 atom stereocenters. The monoisotopic (exact) mass is 520 g/mol. The molecule has 1 aliphatic heterocycles. The predicted octanol–water partition coefficient (Wildman–Crippen LogP) is 3.76. The summed E-state index contributed by atoms with van der Waals surface area (Å²) in [5.41, 5.74) is -0.181. The van der Waals surface area contributed by atoms with E-state index in [4.69, 9.17) is 0 Å². The number of benzene rings is 1. The Morgan fingerprint density at radius 3 is 2.34 bits per heavy atom. The molecule has 0 aromatic heterocycles. The second-order valence-corrected chi connectivity index (χ2v) is 11.7. The molecule has 3 N–H and O–H groups in total. The number of Topliss-reactive ketones (excluding diaryl/α,β-unsaturated/α-hetero) is 3. The number of carbonyl (C=O) groups is 3. The molecule has 1 aromatic carbocycles. The fourth-order valence-electron chi connectivity index (χ4n) is 7.23. The van der Waals surface area contributed by atoms with E-state index in [9.17, 15) is 29.7 Å². The van der Waals surface area contributed by atoms with E-state index < -0.39 is 34.9 Å². The molecule has 1 aromatic rings.